The van der Waals surface area contributed by atoms with Gasteiger partial charge in [0.05, 0.1) is 0 Å². The van der Waals surface area contributed by atoms with Crippen LogP contribution in [0, 0.1) is 0 Å². The molecule has 2 rings (SSSR count). The Morgan fingerprint density at radius 3 is 2.14 bits per heavy atom. The van der Waals surface area contributed by atoms with Crippen LogP contribution >= 0.6 is 12.6 Å². The van der Waals surface area contributed by atoms with Crippen molar-refractivity contribution in [3.63, 3.8) is 0 Å². The van der Waals surface area contributed by atoms with Crippen molar-refractivity contribution in [2.24, 2.45) is 0 Å². The second-order valence-electron chi connectivity index (χ2n) is 7.04. The fourth-order valence-electron chi connectivity index (χ4n) is 3.93. The number of unbranched alkanes of at least 4 members (excludes halogenated alkanes) is 6. The molecule has 2 fully saturated rings. The van der Waals surface area contributed by atoms with Gasteiger partial charge in [0.15, 0.2) is 0 Å². The van der Waals surface area contributed by atoms with Crippen LogP contribution < -0.4 is 0 Å². The lowest BCUT2D eigenvalue weighted by atomic mass is 10.1. The summed E-state index contributed by atoms with van der Waals surface area (Å²) in [4.78, 5) is 5.49. The first-order chi connectivity index (χ1) is 10.4. The van der Waals surface area contributed by atoms with Gasteiger partial charge in [-0.05, 0) is 64.0 Å². The van der Waals surface area contributed by atoms with Gasteiger partial charge in [-0.3, -0.25) is 4.90 Å². The third-order valence-electron chi connectivity index (χ3n) is 5.29. The Kier molecular flexibility index (Phi) is 9.15. The normalized spacial score (nSPS) is 24.7. The van der Waals surface area contributed by atoms with E-state index in [4.69, 9.17) is 0 Å². The maximum absolute atomic E-state index is 4.27. The maximum atomic E-state index is 4.27. The zero-order valence-corrected chi connectivity index (χ0v) is 14.8. The zero-order chi connectivity index (χ0) is 14.8. The van der Waals surface area contributed by atoms with Crippen molar-refractivity contribution in [1.29, 1.82) is 0 Å². The summed E-state index contributed by atoms with van der Waals surface area (Å²) in [6.45, 7) is 6.78. The van der Waals surface area contributed by atoms with E-state index >= 15 is 0 Å². The van der Waals surface area contributed by atoms with Gasteiger partial charge in [-0.2, -0.15) is 12.6 Å². The van der Waals surface area contributed by atoms with Gasteiger partial charge in [0.2, 0.25) is 0 Å². The maximum Gasteiger partial charge on any atom is 0.0235 e. The summed E-state index contributed by atoms with van der Waals surface area (Å²) in [5, 5.41) is 0. The second-order valence-corrected chi connectivity index (χ2v) is 7.49. The summed E-state index contributed by atoms with van der Waals surface area (Å²) < 4.78 is 0. The third-order valence-corrected chi connectivity index (χ3v) is 5.60. The summed E-state index contributed by atoms with van der Waals surface area (Å²) in [6, 6.07) is 0.881. The van der Waals surface area contributed by atoms with E-state index < -0.39 is 0 Å². The summed E-state index contributed by atoms with van der Waals surface area (Å²) >= 11 is 4.27. The molecule has 2 aliphatic rings. The predicted octanol–water partition coefficient (Wildman–Crippen LogP) is 4.21. The van der Waals surface area contributed by atoms with Crippen LogP contribution in [0.1, 0.15) is 70.6 Å². The summed E-state index contributed by atoms with van der Waals surface area (Å²) in [6.07, 6.45) is 15.6. The van der Waals surface area contributed by atoms with Crippen molar-refractivity contribution in [3.8, 4) is 0 Å². The highest BCUT2D eigenvalue weighted by Crippen LogP contribution is 2.20. The van der Waals surface area contributed by atoms with E-state index in [9.17, 15) is 0 Å². The minimum atomic E-state index is 0.881. The Hall–Kier alpha value is 0.270. The number of nitrogens with zero attached hydrogens (tertiary/aromatic N) is 2. The first-order valence-electron chi connectivity index (χ1n) is 9.47. The van der Waals surface area contributed by atoms with E-state index in [1.807, 2.05) is 0 Å². The van der Waals surface area contributed by atoms with Crippen molar-refractivity contribution < 1.29 is 0 Å². The van der Waals surface area contributed by atoms with Crippen LogP contribution in [-0.2, 0) is 0 Å². The summed E-state index contributed by atoms with van der Waals surface area (Å²) in [5.41, 5.74) is 0. The standard InChI is InChI=1S/C18H36N2S/c21-16-10-5-3-1-2-4-7-12-19-15-11-18(17-19)20-13-8-6-9-14-20/h18,21H,1-17H2. The first-order valence-corrected chi connectivity index (χ1v) is 10.1. The molecule has 124 valence electrons. The quantitative estimate of drug-likeness (QED) is 0.477. The molecule has 0 saturated carbocycles. The molecule has 1 atom stereocenters. The molecule has 0 aromatic heterocycles. The zero-order valence-electron chi connectivity index (χ0n) is 13.9. The molecule has 0 aromatic rings. The summed E-state index contributed by atoms with van der Waals surface area (Å²) in [5.74, 6) is 1.06. The van der Waals surface area contributed by atoms with E-state index in [0.717, 1.165) is 11.8 Å². The average Bonchev–Trinajstić information content (AvgIpc) is 3.00. The number of hydrogen-bond donors (Lipinski definition) is 1. The van der Waals surface area contributed by atoms with E-state index in [-0.39, 0.29) is 0 Å². The van der Waals surface area contributed by atoms with Gasteiger partial charge in [-0.1, -0.05) is 38.5 Å². The van der Waals surface area contributed by atoms with Crippen molar-refractivity contribution in [2.75, 3.05) is 38.5 Å². The molecule has 2 aliphatic heterocycles. The van der Waals surface area contributed by atoms with Crippen molar-refractivity contribution >= 4 is 12.6 Å². The molecule has 0 amide bonds. The predicted molar refractivity (Wildman–Crippen MR) is 96.4 cm³/mol. The Balaban J connectivity index is 1.45. The van der Waals surface area contributed by atoms with E-state index in [0.29, 0.717) is 0 Å². The van der Waals surface area contributed by atoms with Crippen LogP contribution in [0.2, 0.25) is 0 Å². The molecule has 0 radical (unpaired) electrons. The molecule has 2 heterocycles. The van der Waals surface area contributed by atoms with Gasteiger partial charge < -0.3 is 4.90 Å². The van der Waals surface area contributed by atoms with E-state index in [2.05, 4.69) is 22.4 Å². The molecule has 0 aliphatic carbocycles. The van der Waals surface area contributed by atoms with Gasteiger partial charge in [-0.15, -0.1) is 0 Å². The number of likely N-dealkylation sites (tertiary alicyclic amines) is 2. The Morgan fingerprint density at radius 1 is 0.762 bits per heavy atom. The SMILES string of the molecule is SCCCCCCCCCN1CCC(N2CCCCC2)C1. The minimum Gasteiger partial charge on any atom is -0.302 e. The molecule has 0 spiro atoms. The fourth-order valence-corrected chi connectivity index (χ4v) is 4.15. The number of hydrogen-bond acceptors (Lipinski definition) is 3. The molecule has 0 aromatic carbocycles. The molecule has 0 bridgehead atoms. The van der Waals surface area contributed by atoms with Crippen LogP contribution in [-0.4, -0.2) is 54.3 Å². The Bertz CT molecular complexity index is 254. The fraction of sp³-hybridized carbons (Fsp3) is 1.00. The van der Waals surface area contributed by atoms with Crippen molar-refractivity contribution in [3.05, 3.63) is 0 Å². The van der Waals surface area contributed by atoms with Gasteiger partial charge >= 0.3 is 0 Å². The van der Waals surface area contributed by atoms with Crippen LogP contribution in [0.5, 0.6) is 0 Å². The smallest absolute Gasteiger partial charge is 0.0235 e. The molecule has 2 saturated heterocycles. The highest BCUT2D eigenvalue weighted by molar-refractivity contribution is 7.80. The monoisotopic (exact) mass is 312 g/mol. The van der Waals surface area contributed by atoms with Gasteiger partial charge in [-0.25, -0.2) is 0 Å². The number of piperidine rings is 1. The van der Waals surface area contributed by atoms with Crippen LogP contribution in [0.25, 0.3) is 0 Å². The van der Waals surface area contributed by atoms with Gasteiger partial charge in [0.25, 0.3) is 0 Å². The van der Waals surface area contributed by atoms with Crippen LogP contribution in [0.15, 0.2) is 0 Å². The Labute approximate surface area is 138 Å². The number of thiol groups is 1. The molecule has 0 N–H and O–H groups in total. The topological polar surface area (TPSA) is 6.48 Å². The molecule has 2 nitrogen and oxygen atoms in total. The molecule has 1 unspecified atom stereocenters. The highest BCUT2D eigenvalue weighted by Gasteiger charge is 2.27. The van der Waals surface area contributed by atoms with Crippen molar-refractivity contribution in [2.45, 2.75) is 76.7 Å². The van der Waals surface area contributed by atoms with E-state index in [1.165, 1.54) is 103 Å². The lowest BCUT2D eigenvalue weighted by Gasteiger charge is -2.32. The van der Waals surface area contributed by atoms with Crippen LogP contribution in [0.3, 0.4) is 0 Å². The van der Waals surface area contributed by atoms with E-state index in [1.54, 1.807) is 0 Å². The van der Waals surface area contributed by atoms with Crippen molar-refractivity contribution in [1.82, 2.24) is 9.80 Å². The Morgan fingerprint density at radius 2 is 1.43 bits per heavy atom. The number of rotatable bonds is 10. The first kappa shape index (κ1) is 17.6. The lowest BCUT2D eigenvalue weighted by molar-refractivity contribution is 0.162. The molecule has 21 heavy (non-hydrogen) atoms. The average molecular weight is 313 g/mol. The minimum absolute atomic E-state index is 0.881. The second kappa shape index (κ2) is 10.9. The van der Waals surface area contributed by atoms with Gasteiger partial charge in [0.1, 0.15) is 0 Å². The largest absolute Gasteiger partial charge is 0.302 e. The lowest BCUT2D eigenvalue weighted by Crippen LogP contribution is -2.40. The molecule has 3 heteroatoms. The molecular formula is C18H36N2S. The summed E-state index contributed by atoms with van der Waals surface area (Å²) in [7, 11) is 0. The highest BCUT2D eigenvalue weighted by atomic mass is 32.1. The van der Waals surface area contributed by atoms with Gasteiger partial charge in [0, 0.05) is 12.6 Å². The molecular weight excluding hydrogens is 276 g/mol. The van der Waals surface area contributed by atoms with Crippen LogP contribution in [0.4, 0.5) is 0 Å². The third kappa shape index (κ3) is 6.92.